The predicted octanol–water partition coefficient (Wildman–Crippen LogP) is 1.67. The largest absolute Gasteiger partial charge is 0.454 e. The number of hydrogen-bond donors (Lipinski definition) is 1. The second-order valence-corrected chi connectivity index (χ2v) is 7.30. The number of carbonyl (C=O) groups is 3. The predicted molar refractivity (Wildman–Crippen MR) is 108 cm³/mol. The van der Waals surface area contributed by atoms with Gasteiger partial charge < -0.3 is 14.8 Å². The number of nitrogens with one attached hydrogen (secondary N) is 1. The van der Waals surface area contributed by atoms with Crippen molar-refractivity contribution in [3.8, 4) is 11.5 Å². The summed E-state index contributed by atoms with van der Waals surface area (Å²) in [5, 5.41) is 5.52. The SMILES string of the molecule is Cc1ccc(C(=O)NCC(=O)N2CCCN2C(=O)Cc2ccc3c(c2)OCO3)cc1. The Hall–Kier alpha value is -3.55. The highest BCUT2D eigenvalue weighted by Crippen LogP contribution is 2.32. The summed E-state index contributed by atoms with van der Waals surface area (Å²) in [5.41, 5.74) is 2.33. The van der Waals surface area contributed by atoms with Crippen LogP contribution in [0.3, 0.4) is 0 Å². The summed E-state index contributed by atoms with van der Waals surface area (Å²) in [4.78, 5) is 37.7. The first-order chi connectivity index (χ1) is 14.5. The first-order valence-corrected chi connectivity index (χ1v) is 9.85. The molecule has 0 unspecified atom stereocenters. The highest BCUT2D eigenvalue weighted by Gasteiger charge is 2.30. The van der Waals surface area contributed by atoms with Crippen molar-refractivity contribution in [2.75, 3.05) is 26.4 Å². The summed E-state index contributed by atoms with van der Waals surface area (Å²) in [6, 6.07) is 12.5. The molecule has 2 aromatic rings. The van der Waals surface area contributed by atoms with Gasteiger partial charge in [0.25, 0.3) is 11.8 Å². The minimum atomic E-state index is -0.319. The van der Waals surface area contributed by atoms with Crippen LogP contribution in [0.25, 0.3) is 0 Å². The molecule has 4 rings (SSSR count). The maximum atomic E-state index is 12.8. The second-order valence-electron chi connectivity index (χ2n) is 7.30. The lowest BCUT2D eigenvalue weighted by Gasteiger charge is -2.28. The molecule has 1 saturated heterocycles. The molecule has 156 valence electrons. The molecule has 1 N–H and O–H groups in total. The Labute approximate surface area is 174 Å². The number of amides is 3. The molecule has 3 amide bonds. The van der Waals surface area contributed by atoms with E-state index in [0.717, 1.165) is 11.1 Å². The summed E-state index contributed by atoms with van der Waals surface area (Å²) in [6.45, 7) is 2.87. The third-order valence-electron chi connectivity index (χ3n) is 5.11. The van der Waals surface area contributed by atoms with E-state index in [1.54, 1.807) is 24.3 Å². The molecular formula is C22H23N3O5. The Morgan fingerprint density at radius 3 is 2.40 bits per heavy atom. The van der Waals surface area contributed by atoms with Crippen molar-refractivity contribution in [3.63, 3.8) is 0 Å². The molecule has 2 aliphatic rings. The van der Waals surface area contributed by atoms with Gasteiger partial charge in [0.2, 0.25) is 12.7 Å². The van der Waals surface area contributed by atoms with Gasteiger partial charge >= 0.3 is 0 Å². The summed E-state index contributed by atoms with van der Waals surface area (Å²) < 4.78 is 10.6. The van der Waals surface area contributed by atoms with Crippen LogP contribution >= 0.6 is 0 Å². The topological polar surface area (TPSA) is 88.2 Å². The lowest BCUT2D eigenvalue weighted by molar-refractivity contribution is -0.156. The van der Waals surface area contributed by atoms with E-state index in [9.17, 15) is 14.4 Å². The number of fused-ring (bicyclic) bond motifs is 1. The van der Waals surface area contributed by atoms with Gasteiger partial charge in [-0.2, -0.15) is 0 Å². The van der Waals surface area contributed by atoms with Crippen LogP contribution in [-0.2, 0) is 16.0 Å². The molecule has 30 heavy (non-hydrogen) atoms. The second kappa shape index (κ2) is 8.44. The normalized spacial score (nSPS) is 14.7. The fourth-order valence-electron chi connectivity index (χ4n) is 3.50. The van der Waals surface area contributed by atoms with Gasteiger partial charge in [0.05, 0.1) is 13.0 Å². The zero-order valence-electron chi connectivity index (χ0n) is 16.7. The van der Waals surface area contributed by atoms with Gasteiger partial charge in [-0.1, -0.05) is 23.8 Å². The van der Waals surface area contributed by atoms with Crippen molar-refractivity contribution in [1.29, 1.82) is 0 Å². The molecular weight excluding hydrogens is 386 g/mol. The van der Waals surface area contributed by atoms with Gasteiger partial charge in [0.1, 0.15) is 0 Å². The highest BCUT2D eigenvalue weighted by molar-refractivity contribution is 5.96. The fourth-order valence-corrected chi connectivity index (χ4v) is 3.50. The highest BCUT2D eigenvalue weighted by atomic mass is 16.7. The number of ether oxygens (including phenoxy) is 2. The van der Waals surface area contributed by atoms with Crippen LogP contribution < -0.4 is 14.8 Å². The molecule has 2 aliphatic heterocycles. The van der Waals surface area contributed by atoms with E-state index in [-0.39, 0.29) is 37.5 Å². The summed E-state index contributed by atoms with van der Waals surface area (Å²) in [6.07, 6.45) is 0.848. The molecule has 1 fully saturated rings. The molecule has 0 aromatic heterocycles. The molecule has 0 radical (unpaired) electrons. The molecule has 0 aliphatic carbocycles. The molecule has 2 heterocycles. The number of rotatable bonds is 5. The van der Waals surface area contributed by atoms with Crippen LogP contribution in [0.4, 0.5) is 0 Å². The van der Waals surface area contributed by atoms with Crippen molar-refractivity contribution >= 4 is 17.7 Å². The molecule has 8 nitrogen and oxygen atoms in total. The van der Waals surface area contributed by atoms with Crippen molar-refractivity contribution in [2.45, 2.75) is 19.8 Å². The number of aryl methyl sites for hydroxylation is 1. The van der Waals surface area contributed by atoms with Crippen molar-refractivity contribution in [3.05, 3.63) is 59.2 Å². The fraction of sp³-hybridized carbons (Fsp3) is 0.318. The van der Waals surface area contributed by atoms with Crippen LogP contribution in [0.5, 0.6) is 11.5 Å². The average Bonchev–Trinajstić information content (AvgIpc) is 3.41. The number of hydrazine groups is 1. The van der Waals surface area contributed by atoms with Crippen LogP contribution in [-0.4, -0.2) is 54.2 Å². The average molecular weight is 409 g/mol. The van der Waals surface area contributed by atoms with Crippen LogP contribution in [0.1, 0.15) is 27.9 Å². The molecule has 0 atom stereocenters. The van der Waals surface area contributed by atoms with E-state index in [1.165, 1.54) is 10.0 Å². The Morgan fingerprint density at radius 1 is 0.933 bits per heavy atom. The summed E-state index contributed by atoms with van der Waals surface area (Å²) in [7, 11) is 0. The first-order valence-electron chi connectivity index (χ1n) is 9.85. The van der Waals surface area contributed by atoms with Gasteiger partial charge in [-0.15, -0.1) is 0 Å². The zero-order valence-corrected chi connectivity index (χ0v) is 16.7. The van der Waals surface area contributed by atoms with Gasteiger partial charge in [0, 0.05) is 18.7 Å². The minimum Gasteiger partial charge on any atom is -0.454 e. The molecule has 0 bridgehead atoms. The van der Waals surface area contributed by atoms with Gasteiger partial charge in [-0.3, -0.25) is 19.4 Å². The monoisotopic (exact) mass is 409 g/mol. The van der Waals surface area contributed by atoms with E-state index in [0.29, 0.717) is 36.6 Å². The minimum absolute atomic E-state index is 0.149. The molecule has 0 saturated carbocycles. The van der Waals surface area contributed by atoms with Gasteiger partial charge in [0.15, 0.2) is 11.5 Å². The van der Waals surface area contributed by atoms with E-state index in [1.807, 2.05) is 25.1 Å². The molecule has 2 aromatic carbocycles. The quantitative estimate of drug-likeness (QED) is 0.812. The molecule has 0 spiro atoms. The third kappa shape index (κ3) is 4.22. The lowest BCUT2D eigenvalue weighted by atomic mass is 10.1. The molecule has 8 heteroatoms. The van der Waals surface area contributed by atoms with E-state index in [4.69, 9.17) is 9.47 Å². The van der Waals surface area contributed by atoms with Crippen molar-refractivity contribution in [2.24, 2.45) is 0 Å². The van der Waals surface area contributed by atoms with Crippen LogP contribution in [0, 0.1) is 6.92 Å². The third-order valence-corrected chi connectivity index (χ3v) is 5.11. The van der Waals surface area contributed by atoms with E-state index in [2.05, 4.69) is 5.32 Å². The number of benzene rings is 2. The Balaban J connectivity index is 1.34. The Kier molecular flexibility index (Phi) is 5.56. The van der Waals surface area contributed by atoms with E-state index >= 15 is 0 Å². The van der Waals surface area contributed by atoms with Crippen molar-refractivity contribution in [1.82, 2.24) is 15.3 Å². The Morgan fingerprint density at radius 2 is 1.63 bits per heavy atom. The van der Waals surface area contributed by atoms with Crippen molar-refractivity contribution < 1.29 is 23.9 Å². The van der Waals surface area contributed by atoms with Crippen LogP contribution in [0.15, 0.2) is 42.5 Å². The van der Waals surface area contributed by atoms with E-state index < -0.39 is 0 Å². The Bertz CT molecular complexity index is 973. The van der Waals surface area contributed by atoms with Gasteiger partial charge in [-0.05, 0) is 43.2 Å². The van der Waals surface area contributed by atoms with Gasteiger partial charge in [-0.25, -0.2) is 5.01 Å². The first kappa shape index (κ1) is 19.8. The number of nitrogens with zero attached hydrogens (tertiary/aromatic N) is 2. The zero-order chi connectivity index (χ0) is 21.1. The maximum Gasteiger partial charge on any atom is 0.260 e. The smallest absolute Gasteiger partial charge is 0.260 e. The summed E-state index contributed by atoms with van der Waals surface area (Å²) in [5.74, 6) is 0.472. The number of hydrogen-bond acceptors (Lipinski definition) is 5. The summed E-state index contributed by atoms with van der Waals surface area (Å²) >= 11 is 0. The van der Waals surface area contributed by atoms with Crippen LogP contribution in [0.2, 0.25) is 0 Å². The maximum absolute atomic E-state index is 12.8. The lowest BCUT2D eigenvalue weighted by Crippen LogP contribution is -2.49. The standard InChI is InChI=1S/C22H23N3O5/c1-15-3-6-17(7-4-15)22(28)23-13-21(27)25-10-2-9-24(25)20(26)12-16-5-8-18-19(11-16)30-14-29-18/h3-8,11H,2,9-10,12-14H2,1H3,(H,23,28). The number of carbonyl (C=O) groups excluding carboxylic acids is 3.